The number of carbonyl (C=O) groups excluding carboxylic acids is 1. The molecule has 7 heteroatoms. The Kier molecular flexibility index (Phi) is 7.65. The minimum atomic E-state index is -3.88. The van der Waals surface area contributed by atoms with Crippen molar-refractivity contribution in [1.82, 2.24) is 9.62 Å². The van der Waals surface area contributed by atoms with E-state index in [-0.39, 0.29) is 29.9 Å². The fourth-order valence-electron chi connectivity index (χ4n) is 4.38. The summed E-state index contributed by atoms with van der Waals surface area (Å²) in [6, 6.07) is 23.9. The third-order valence-electron chi connectivity index (χ3n) is 6.21. The van der Waals surface area contributed by atoms with Gasteiger partial charge in [0, 0.05) is 6.54 Å². The number of carbonyl (C=O) groups is 1. The summed E-state index contributed by atoms with van der Waals surface area (Å²) in [5.41, 5.74) is 3.38. The van der Waals surface area contributed by atoms with Crippen LogP contribution in [0.1, 0.15) is 35.6 Å². The Labute approximate surface area is 201 Å². The first-order valence-electron chi connectivity index (χ1n) is 11.5. The molecule has 0 aliphatic heterocycles. The van der Waals surface area contributed by atoms with Gasteiger partial charge in [-0.1, -0.05) is 54.6 Å². The van der Waals surface area contributed by atoms with Crippen LogP contribution in [0.5, 0.6) is 5.75 Å². The molecule has 0 heterocycles. The van der Waals surface area contributed by atoms with Crippen LogP contribution in [0.25, 0.3) is 0 Å². The molecule has 4 rings (SSSR count). The van der Waals surface area contributed by atoms with E-state index in [1.54, 1.807) is 12.1 Å². The lowest BCUT2D eigenvalue weighted by molar-refractivity contribution is -0.122. The van der Waals surface area contributed by atoms with E-state index in [0.29, 0.717) is 12.2 Å². The van der Waals surface area contributed by atoms with Crippen molar-refractivity contribution in [2.24, 2.45) is 0 Å². The van der Waals surface area contributed by atoms with E-state index < -0.39 is 10.0 Å². The van der Waals surface area contributed by atoms with Gasteiger partial charge in [-0.2, -0.15) is 4.31 Å². The van der Waals surface area contributed by atoms with E-state index >= 15 is 0 Å². The predicted molar refractivity (Wildman–Crippen MR) is 132 cm³/mol. The molecule has 178 valence electrons. The lowest BCUT2D eigenvalue weighted by Gasteiger charge is -2.28. The molecule has 0 radical (unpaired) electrons. The number of hydrogen-bond donors (Lipinski definition) is 1. The first kappa shape index (κ1) is 24.0. The highest BCUT2D eigenvalue weighted by Crippen LogP contribution is 2.29. The molecule has 34 heavy (non-hydrogen) atoms. The van der Waals surface area contributed by atoms with E-state index in [4.69, 9.17) is 4.74 Å². The maximum absolute atomic E-state index is 13.5. The van der Waals surface area contributed by atoms with Crippen molar-refractivity contribution >= 4 is 15.9 Å². The van der Waals surface area contributed by atoms with Gasteiger partial charge in [-0.25, -0.2) is 8.42 Å². The minimum Gasteiger partial charge on any atom is -0.497 e. The number of ether oxygens (including phenoxy) is 1. The van der Waals surface area contributed by atoms with E-state index in [2.05, 4.69) is 11.4 Å². The van der Waals surface area contributed by atoms with Gasteiger partial charge in [-0.15, -0.1) is 0 Å². The highest BCUT2D eigenvalue weighted by Gasteiger charge is 2.28. The van der Waals surface area contributed by atoms with Crippen LogP contribution in [0.3, 0.4) is 0 Å². The van der Waals surface area contributed by atoms with Crippen molar-refractivity contribution in [2.75, 3.05) is 20.2 Å². The average molecular weight is 479 g/mol. The van der Waals surface area contributed by atoms with E-state index in [9.17, 15) is 13.2 Å². The summed E-state index contributed by atoms with van der Waals surface area (Å²) < 4.78 is 33.4. The molecular weight excluding hydrogens is 448 g/mol. The Hall–Kier alpha value is -3.16. The molecule has 6 nitrogen and oxygen atoms in total. The van der Waals surface area contributed by atoms with Crippen LogP contribution in [0, 0.1) is 0 Å². The largest absolute Gasteiger partial charge is 0.497 e. The second-order valence-electron chi connectivity index (χ2n) is 8.46. The Morgan fingerprint density at radius 3 is 2.44 bits per heavy atom. The first-order valence-corrected chi connectivity index (χ1v) is 13.0. The van der Waals surface area contributed by atoms with Gasteiger partial charge >= 0.3 is 0 Å². The summed E-state index contributed by atoms with van der Waals surface area (Å²) in [5.74, 6) is 0.273. The van der Waals surface area contributed by atoms with E-state index in [1.165, 1.54) is 29.1 Å². The van der Waals surface area contributed by atoms with Crippen LogP contribution < -0.4 is 10.1 Å². The Balaban J connectivity index is 1.53. The maximum Gasteiger partial charge on any atom is 0.243 e. The molecule has 0 bridgehead atoms. The van der Waals surface area contributed by atoms with Crippen LogP contribution in [-0.2, 0) is 27.7 Å². The second kappa shape index (κ2) is 10.8. The normalized spacial score (nSPS) is 15.5. The summed E-state index contributed by atoms with van der Waals surface area (Å²) in [4.78, 5) is 13.2. The molecule has 1 aliphatic carbocycles. The maximum atomic E-state index is 13.5. The van der Waals surface area contributed by atoms with Crippen molar-refractivity contribution in [3.8, 4) is 5.75 Å². The molecule has 0 unspecified atom stereocenters. The first-order chi connectivity index (χ1) is 16.5. The Morgan fingerprint density at radius 1 is 1.00 bits per heavy atom. The molecule has 0 saturated carbocycles. The SMILES string of the molecule is COc1ccc(S(=O)(=O)N(CCc2ccccc2)CC(=O)N[C@H]2CCCc3ccccc32)cc1. The van der Waals surface area contributed by atoms with Gasteiger partial charge in [0.15, 0.2) is 0 Å². The lowest BCUT2D eigenvalue weighted by Crippen LogP contribution is -2.43. The van der Waals surface area contributed by atoms with Crippen molar-refractivity contribution in [3.63, 3.8) is 0 Å². The van der Waals surface area contributed by atoms with Crippen LogP contribution in [0.15, 0.2) is 83.8 Å². The van der Waals surface area contributed by atoms with Gasteiger partial charge in [0.2, 0.25) is 15.9 Å². The molecule has 0 saturated heterocycles. The van der Waals surface area contributed by atoms with E-state index in [0.717, 1.165) is 30.4 Å². The number of fused-ring (bicyclic) bond motifs is 1. The van der Waals surface area contributed by atoms with Crippen LogP contribution in [0.2, 0.25) is 0 Å². The van der Waals surface area contributed by atoms with Crippen LogP contribution in [0.4, 0.5) is 0 Å². The number of aryl methyl sites for hydroxylation is 1. The summed E-state index contributed by atoms with van der Waals surface area (Å²) in [6.07, 6.45) is 3.34. The van der Waals surface area contributed by atoms with Crippen molar-refractivity contribution in [2.45, 2.75) is 36.6 Å². The number of benzene rings is 3. The standard InChI is InChI=1S/C27H30N2O4S/c1-33-23-14-16-24(17-15-23)34(31,32)29(19-18-21-8-3-2-4-9-21)20-27(30)28-26-13-7-11-22-10-5-6-12-25(22)26/h2-6,8-10,12,14-17,26H,7,11,13,18-20H2,1H3,(H,28,30)/t26-/m0/s1. The topological polar surface area (TPSA) is 75.7 Å². The zero-order valence-corrected chi connectivity index (χ0v) is 20.1. The zero-order chi connectivity index (χ0) is 24.0. The average Bonchev–Trinajstić information content (AvgIpc) is 2.87. The predicted octanol–water partition coefficient (Wildman–Crippen LogP) is 4.12. The Bertz CT molecular complexity index is 1210. The number of amides is 1. The van der Waals surface area contributed by atoms with Crippen LogP contribution in [-0.4, -0.2) is 38.8 Å². The molecule has 1 amide bonds. The number of nitrogens with zero attached hydrogens (tertiary/aromatic N) is 1. The van der Waals surface area contributed by atoms with Crippen LogP contribution >= 0.6 is 0 Å². The highest BCUT2D eigenvalue weighted by atomic mass is 32.2. The number of sulfonamides is 1. The monoisotopic (exact) mass is 478 g/mol. The highest BCUT2D eigenvalue weighted by molar-refractivity contribution is 7.89. The molecule has 0 spiro atoms. The van der Waals surface area contributed by atoms with Gasteiger partial charge in [0.25, 0.3) is 0 Å². The lowest BCUT2D eigenvalue weighted by atomic mass is 9.88. The Morgan fingerprint density at radius 2 is 1.71 bits per heavy atom. The number of nitrogens with one attached hydrogen (secondary N) is 1. The summed E-state index contributed by atoms with van der Waals surface area (Å²) in [6.45, 7) is -0.0348. The van der Waals surface area contributed by atoms with Gasteiger partial charge in [0.05, 0.1) is 24.6 Å². The molecule has 1 aliphatic rings. The van der Waals surface area contributed by atoms with Crippen molar-refractivity contribution in [3.05, 3.63) is 95.6 Å². The number of rotatable bonds is 9. The summed E-state index contributed by atoms with van der Waals surface area (Å²) >= 11 is 0. The van der Waals surface area contributed by atoms with Gasteiger partial charge < -0.3 is 10.1 Å². The third kappa shape index (κ3) is 5.66. The fourth-order valence-corrected chi connectivity index (χ4v) is 5.78. The third-order valence-corrected chi connectivity index (χ3v) is 8.07. The molecule has 1 atom stereocenters. The van der Waals surface area contributed by atoms with Gasteiger partial charge in [-0.05, 0) is 66.6 Å². The second-order valence-corrected chi connectivity index (χ2v) is 10.4. The number of methoxy groups -OCH3 is 1. The molecular formula is C27H30N2O4S. The minimum absolute atomic E-state index is 0.0999. The summed E-state index contributed by atoms with van der Waals surface area (Å²) in [7, 11) is -2.34. The van der Waals surface area contributed by atoms with Gasteiger partial charge in [0.1, 0.15) is 5.75 Å². The molecule has 3 aromatic rings. The fraction of sp³-hybridized carbons (Fsp3) is 0.296. The zero-order valence-electron chi connectivity index (χ0n) is 19.3. The van der Waals surface area contributed by atoms with E-state index in [1.807, 2.05) is 48.5 Å². The van der Waals surface area contributed by atoms with Crippen molar-refractivity contribution in [1.29, 1.82) is 0 Å². The number of hydrogen-bond acceptors (Lipinski definition) is 4. The van der Waals surface area contributed by atoms with Crippen molar-refractivity contribution < 1.29 is 17.9 Å². The molecule has 1 N–H and O–H groups in total. The van der Waals surface area contributed by atoms with Gasteiger partial charge in [-0.3, -0.25) is 4.79 Å². The molecule has 3 aromatic carbocycles. The molecule has 0 aromatic heterocycles. The smallest absolute Gasteiger partial charge is 0.243 e. The molecule has 0 fully saturated rings. The summed E-state index contributed by atoms with van der Waals surface area (Å²) in [5, 5.41) is 3.08. The quantitative estimate of drug-likeness (QED) is 0.502.